The van der Waals surface area contributed by atoms with Gasteiger partial charge in [-0.3, -0.25) is 9.59 Å². The summed E-state index contributed by atoms with van der Waals surface area (Å²) in [6.45, 7) is 4.21. The van der Waals surface area contributed by atoms with Crippen LogP contribution in [0.5, 0.6) is 5.75 Å². The number of hydrogen-bond donors (Lipinski definition) is 3. The Balaban J connectivity index is 1.47. The third kappa shape index (κ3) is 7.31. The van der Waals surface area contributed by atoms with Gasteiger partial charge in [-0.05, 0) is 68.7 Å². The molecule has 0 spiro atoms. The van der Waals surface area contributed by atoms with Gasteiger partial charge in [-0.2, -0.15) is 0 Å². The molecular weight excluding hydrogens is 390 g/mol. The number of rotatable bonds is 9. The molecule has 1 unspecified atom stereocenters. The number of carbonyl (C=O) groups is 2. The first kappa shape index (κ1) is 22.7. The summed E-state index contributed by atoms with van der Waals surface area (Å²) in [4.78, 5) is 24.8. The van der Waals surface area contributed by atoms with Crippen LogP contribution in [0.25, 0.3) is 0 Å². The predicted molar refractivity (Wildman–Crippen MR) is 125 cm³/mol. The van der Waals surface area contributed by atoms with E-state index in [4.69, 9.17) is 4.74 Å². The summed E-state index contributed by atoms with van der Waals surface area (Å²) in [5.41, 5.74) is 2.06. The van der Waals surface area contributed by atoms with Crippen molar-refractivity contribution in [2.24, 2.45) is 0 Å². The van der Waals surface area contributed by atoms with E-state index in [0.29, 0.717) is 11.3 Å². The third-order valence-corrected chi connectivity index (χ3v) is 5.57. The minimum atomic E-state index is -0.160. The molecule has 2 amide bonds. The van der Waals surface area contributed by atoms with E-state index < -0.39 is 0 Å². The van der Waals surface area contributed by atoms with Gasteiger partial charge in [0, 0.05) is 23.0 Å². The lowest BCUT2D eigenvalue weighted by atomic mass is 9.95. The van der Waals surface area contributed by atoms with Crippen LogP contribution in [0.15, 0.2) is 48.5 Å². The van der Waals surface area contributed by atoms with Crippen LogP contribution in [0.2, 0.25) is 0 Å². The van der Waals surface area contributed by atoms with Gasteiger partial charge < -0.3 is 20.7 Å². The highest BCUT2D eigenvalue weighted by Crippen LogP contribution is 2.19. The number of amides is 2. The van der Waals surface area contributed by atoms with E-state index in [1.807, 2.05) is 43.3 Å². The molecule has 1 atom stereocenters. The summed E-state index contributed by atoms with van der Waals surface area (Å²) in [7, 11) is 0. The number of nitrogens with one attached hydrogen (secondary N) is 3. The van der Waals surface area contributed by atoms with Crippen molar-refractivity contribution in [2.45, 2.75) is 64.5 Å². The molecule has 0 aromatic heterocycles. The highest BCUT2D eigenvalue weighted by molar-refractivity contribution is 5.96. The van der Waals surface area contributed by atoms with Crippen molar-refractivity contribution in [1.29, 1.82) is 0 Å². The van der Waals surface area contributed by atoms with Gasteiger partial charge in [0.1, 0.15) is 5.75 Å². The largest absolute Gasteiger partial charge is 0.491 e. The van der Waals surface area contributed by atoms with E-state index in [1.54, 1.807) is 12.1 Å². The summed E-state index contributed by atoms with van der Waals surface area (Å²) >= 11 is 0. The Morgan fingerprint density at radius 2 is 1.77 bits per heavy atom. The topological polar surface area (TPSA) is 79.5 Å². The number of anilines is 2. The molecule has 0 radical (unpaired) electrons. The molecule has 2 aromatic carbocycles. The zero-order chi connectivity index (χ0) is 22.1. The predicted octanol–water partition coefficient (Wildman–Crippen LogP) is 4.98. The monoisotopic (exact) mass is 423 g/mol. The van der Waals surface area contributed by atoms with Crippen molar-refractivity contribution in [3.05, 3.63) is 54.1 Å². The van der Waals surface area contributed by atoms with E-state index >= 15 is 0 Å². The molecule has 0 heterocycles. The molecule has 1 aliphatic carbocycles. The fourth-order valence-corrected chi connectivity index (χ4v) is 3.61. The maximum absolute atomic E-state index is 12.5. The second-order valence-electron chi connectivity index (χ2n) is 8.15. The second-order valence-corrected chi connectivity index (χ2v) is 8.15. The van der Waals surface area contributed by atoms with Crippen molar-refractivity contribution in [3.8, 4) is 5.75 Å². The first-order chi connectivity index (χ1) is 15.0. The van der Waals surface area contributed by atoms with Gasteiger partial charge in [0.2, 0.25) is 5.91 Å². The summed E-state index contributed by atoms with van der Waals surface area (Å²) in [5.74, 6) is 0.571. The Morgan fingerprint density at radius 3 is 2.48 bits per heavy atom. The van der Waals surface area contributed by atoms with Crippen molar-refractivity contribution < 1.29 is 14.3 Å². The Morgan fingerprint density at radius 1 is 1.03 bits per heavy atom. The maximum Gasteiger partial charge on any atom is 0.251 e. The van der Waals surface area contributed by atoms with Gasteiger partial charge >= 0.3 is 0 Å². The standard InChI is InChI=1S/C25H33N3O3/c1-3-18(2)31-23-14-12-21(13-15-23)27-24(29)17-26-22-11-7-8-19(16-22)25(30)28-20-9-5-4-6-10-20/h7-8,11-16,18,20,26H,3-6,9-10,17H2,1-2H3,(H,27,29)(H,28,30). The molecule has 1 fully saturated rings. The highest BCUT2D eigenvalue weighted by atomic mass is 16.5. The summed E-state index contributed by atoms with van der Waals surface area (Å²) < 4.78 is 5.75. The van der Waals surface area contributed by atoms with Crippen LogP contribution in [-0.2, 0) is 4.79 Å². The van der Waals surface area contributed by atoms with E-state index in [1.165, 1.54) is 19.3 Å². The Bertz CT molecular complexity index is 861. The molecule has 1 aliphatic rings. The van der Waals surface area contributed by atoms with Gasteiger partial charge in [0.25, 0.3) is 5.91 Å². The van der Waals surface area contributed by atoms with Crippen LogP contribution in [0.1, 0.15) is 62.7 Å². The Hall–Kier alpha value is -3.02. The third-order valence-electron chi connectivity index (χ3n) is 5.57. The summed E-state index contributed by atoms with van der Waals surface area (Å²) in [5, 5.41) is 9.08. The van der Waals surface area contributed by atoms with Crippen molar-refractivity contribution in [3.63, 3.8) is 0 Å². The molecule has 3 N–H and O–H groups in total. The number of ether oxygens (including phenoxy) is 1. The zero-order valence-corrected chi connectivity index (χ0v) is 18.4. The van der Waals surface area contributed by atoms with Gasteiger partial charge in [-0.1, -0.05) is 32.3 Å². The highest BCUT2D eigenvalue weighted by Gasteiger charge is 2.16. The van der Waals surface area contributed by atoms with Crippen LogP contribution in [0, 0.1) is 0 Å². The van der Waals surface area contributed by atoms with Crippen LogP contribution >= 0.6 is 0 Å². The Labute approximate surface area is 184 Å². The first-order valence-electron chi connectivity index (χ1n) is 11.2. The molecule has 6 heteroatoms. The van der Waals surface area contributed by atoms with Gasteiger partial charge in [0.15, 0.2) is 0 Å². The van der Waals surface area contributed by atoms with E-state index in [0.717, 1.165) is 30.7 Å². The number of benzene rings is 2. The van der Waals surface area contributed by atoms with Crippen molar-refractivity contribution >= 4 is 23.2 Å². The van der Waals surface area contributed by atoms with Crippen LogP contribution in [0.3, 0.4) is 0 Å². The minimum Gasteiger partial charge on any atom is -0.491 e. The summed E-state index contributed by atoms with van der Waals surface area (Å²) in [6.07, 6.45) is 6.80. The zero-order valence-electron chi connectivity index (χ0n) is 18.4. The lowest BCUT2D eigenvalue weighted by molar-refractivity contribution is -0.114. The number of carbonyl (C=O) groups excluding carboxylic acids is 2. The second kappa shape index (κ2) is 11.4. The molecule has 6 nitrogen and oxygen atoms in total. The normalized spacial score (nSPS) is 15.0. The molecule has 31 heavy (non-hydrogen) atoms. The van der Waals surface area contributed by atoms with Gasteiger partial charge in [-0.25, -0.2) is 0 Å². The maximum atomic E-state index is 12.5. The minimum absolute atomic E-state index is 0.0558. The van der Waals surface area contributed by atoms with Crippen molar-refractivity contribution in [2.75, 3.05) is 17.2 Å². The molecule has 0 saturated heterocycles. The van der Waals surface area contributed by atoms with Crippen LogP contribution in [0.4, 0.5) is 11.4 Å². The lowest BCUT2D eigenvalue weighted by Crippen LogP contribution is -2.36. The SMILES string of the molecule is CCC(C)Oc1ccc(NC(=O)CNc2cccc(C(=O)NC3CCCCC3)c2)cc1. The van der Waals surface area contributed by atoms with Gasteiger partial charge in [0.05, 0.1) is 12.6 Å². The van der Waals surface area contributed by atoms with E-state index in [-0.39, 0.29) is 30.5 Å². The Kier molecular flexibility index (Phi) is 8.33. The van der Waals surface area contributed by atoms with Crippen LogP contribution < -0.4 is 20.7 Å². The van der Waals surface area contributed by atoms with E-state index in [2.05, 4.69) is 22.9 Å². The average molecular weight is 424 g/mol. The van der Waals surface area contributed by atoms with Crippen molar-refractivity contribution in [1.82, 2.24) is 5.32 Å². The first-order valence-corrected chi connectivity index (χ1v) is 11.2. The summed E-state index contributed by atoms with van der Waals surface area (Å²) in [6, 6.07) is 14.9. The van der Waals surface area contributed by atoms with Gasteiger partial charge in [-0.15, -0.1) is 0 Å². The fourth-order valence-electron chi connectivity index (χ4n) is 3.61. The van der Waals surface area contributed by atoms with Crippen LogP contribution in [-0.4, -0.2) is 30.5 Å². The van der Waals surface area contributed by atoms with E-state index in [9.17, 15) is 9.59 Å². The molecule has 1 saturated carbocycles. The molecule has 166 valence electrons. The quantitative estimate of drug-likeness (QED) is 0.532. The molecule has 0 bridgehead atoms. The molecule has 0 aliphatic heterocycles. The smallest absolute Gasteiger partial charge is 0.251 e. The lowest BCUT2D eigenvalue weighted by Gasteiger charge is -2.22. The average Bonchev–Trinajstić information content (AvgIpc) is 2.80. The molecular formula is C25H33N3O3. The molecule has 3 rings (SSSR count). The fraction of sp³-hybridized carbons (Fsp3) is 0.440. The molecule has 2 aromatic rings. The number of hydrogen-bond acceptors (Lipinski definition) is 4.